The van der Waals surface area contributed by atoms with Crippen LogP contribution < -0.4 is 10.5 Å². The number of rotatable bonds is 4. The van der Waals surface area contributed by atoms with Gasteiger partial charge in [-0.2, -0.15) is 0 Å². The SMILES string of the molecule is NCc1ccccc1S(=O)NC1CCCCC1. The minimum absolute atomic E-state index is 0.399. The maximum absolute atomic E-state index is 12.2. The average Bonchev–Trinajstić information content (AvgIpc) is 2.40. The first kappa shape index (κ1) is 12.7. The van der Waals surface area contributed by atoms with Crippen molar-refractivity contribution in [1.29, 1.82) is 0 Å². The first-order valence-electron chi connectivity index (χ1n) is 6.27. The second-order valence-electron chi connectivity index (χ2n) is 4.53. The Bertz CT molecular complexity index is 389. The van der Waals surface area contributed by atoms with Crippen LogP contribution in [0.3, 0.4) is 0 Å². The Labute approximate surface area is 105 Å². The monoisotopic (exact) mass is 252 g/mol. The quantitative estimate of drug-likeness (QED) is 0.862. The molecule has 4 heteroatoms. The molecule has 0 radical (unpaired) electrons. The van der Waals surface area contributed by atoms with Gasteiger partial charge < -0.3 is 5.73 Å². The van der Waals surface area contributed by atoms with Crippen LogP contribution in [0, 0.1) is 0 Å². The molecule has 1 atom stereocenters. The third-order valence-corrected chi connectivity index (χ3v) is 4.62. The smallest absolute Gasteiger partial charge is 0.125 e. The van der Waals surface area contributed by atoms with E-state index in [0.717, 1.165) is 23.3 Å². The number of benzene rings is 1. The highest BCUT2D eigenvalue weighted by molar-refractivity contribution is 7.83. The predicted molar refractivity (Wildman–Crippen MR) is 70.8 cm³/mol. The van der Waals surface area contributed by atoms with Gasteiger partial charge in [-0.1, -0.05) is 37.5 Å². The van der Waals surface area contributed by atoms with Crippen molar-refractivity contribution < 1.29 is 4.21 Å². The van der Waals surface area contributed by atoms with E-state index < -0.39 is 11.0 Å². The van der Waals surface area contributed by atoms with Crippen LogP contribution in [-0.2, 0) is 17.5 Å². The van der Waals surface area contributed by atoms with Crippen LogP contribution in [0.4, 0.5) is 0 Å². The lowest BCUT2D eigenvalue weighted by Gasteiger charge is -2.22. The van der Waals surface area contributed by atoms with Crippen LogP contribution in [0.15, 0.2) is 29.2 Å². The van der Waals surface area contributed by atoms with E-state index in [1.807, 2.05) is 24.3 Å². The van der Waals surface area contributed by atoms with Gasteiger partial charge in [-0.3, -0.25) is 0 Å². The molecule has 0 saturated heterocycles. The van der Waals surface area contributed by atoms with E-state index in [-0.39, 0.29) is 0 Å². The molecule has 3 N–H and O–H groups in total. The molecule has 1 aromatic rings. The Kier molecular flexibility index (Phi) is 4.71. The summed E-state index contributed by atoms with van der Waals surface area (Å²) in [6.07, 6.45) is 6.07. The topological polar surface area (TPSA) is 55.1 Å². The molecule has 1 fully saturated rings. The highest BCUT2D eigenvalue weighted by atomic mass is 32.2. The van der Waals surface area contributed by atoms with Gasteiger partial charge in [0.15, 0.2) is 0 Å². The Balaban J connectivity index is 2.03. The van der Waals surface area contributed by atoms with E-state index in [9.17, 15) is 4.21 Å². The first-order valence-corrected chi connectivity index (χ1v) is 7.42. The lowest BCUT2D eigenvalue weighted by atomic mass is 9.96. The van der Waals surface area contributed by atoms with Crippen molar-refractivity contribution in [3.8, 4) is 0 Å². The average molecular weight is 252 g/mol. The van der Waals surface area contributed by atoms with Gasteiger partial charge in [-0.15, -0.1) is 0 Å². The molecule has 0 heterocycles. The molecular weight excluding hydrogens is 232 g/mol. The summed E-state index contributed by atoms with van der Waals surface area (Å²) >= 11 is 0. The zero-order valence-electron chi connectivity index (χ0n) is 10.0. The summed E-state index contributed by atoms with van der Waals surface area (Å²) < 4.78 is 15.5. The lowest BCUT2D eigenvalue weighted by Crippen LogP contribution is -2.33. The number of nitrogens with one attached hydrogen (secondary N) is 1. The van der Waals surface area contributed by atoms with Crippen LogP contribution in [0.5, 0.6) is 0 Å². The fraction of sp³-hybridized carbons (Fsp3) is 0.538. The summed E-state index contributed by atoms with van der Waals surface area (Å²) in [6, 6.07) is 8.08. The second-order valence-corrected chi connectivity index (χ2v) is 5.75. The van der Waals surface area contributed by atoms with Gasteiger partial charge in [0.1, 0.15) is 11.0 Å². The molecule has 2 rings (SSSR count). The van der Waals surface area contributed by atoms with Crippen molar-refractivity contribution in [1.82, 2.24) is 4.72 Å². The van der Waals surface area contributed by atoms with Gasteiger partial charge in [-0.25, -0.2) is 8.93 Å². The van der Waals surface area contributed by atoms with Crippen molar-refractivity contribution in [3.63, 3.8) is 0 Å². The van der Waals surface area contributed by atoms with Crippen molar-refractivity contribution in [2.75, 3.05) is 0 Å². The number of hydrogen-bond donors (Lipinski definition) is 2. The molecule has 1 aliphatic rings. The van der Waals surface area contributed by atoms with E-state index in [4.69, 9.17) is 5.73 Å². The van der Waals surface area contributed by atoms with Crippen LogP contribution >= 0.6 is 0 Å². The molecular formula is C13H20N2OS. The molecule has 0 aromatic heterocycles. The maximum Gasteiger partial charge on any atom is 0.125 e. The summed E-state index contributed by atoms with van der Waals surface area (Å²) in [6.45, 7) is 0.439. The Morgan fingerprint density at radius 3 is 2.65 bits per heavy atom. The van der Waals surface area contributed by atoms with Crippen LogP contribution in [0.25, 0.3) is 0 Å². The van der Waals surface area contributed by atoms with E-state index in [1.54, 1.807) is 0 Å². The number of hydrogen-bond acceptors (Lipinski definition) is 2. The van der Waals surface area contributed by atoms with Gasteiger partial charge in [0, 0.05) is 12.6 Å². The zero-order chi connectivity index (χ0) is 12.1. The molecule has 1 aliphatic carbocycles. The van der Waals surface area contributed by atoms with Crippen molar-refractivity contribution >= 4 is 11.0 Å². The van der Waals surface area contributed by atoms with E-state index >= 15 is 0 Å². The van der Waals surface area contributed by atoms with Gasteiger partial charge in [0.05, 0.1) is 4.90 Å². The van der Waals surface area contributed by atoms with Crippen molar-refractivity contribution in [3.05, 3.63) is 29.8 Å². The van der Waals surface area contributed by atoms with Gasteiger partial charge in [0.2, 0.25) is 0 Å². The second kappa shape index (κ2) is 6.28. The Morgan fingerprint density at radius 1 is 1.24 bits per heavy atom. The highest BCUT2D eigenvalue weighted by Gasteiger charge is 2.17. The Morgan fingerprint density at radius 2 is 1.94 bits per heavy atom. The van der Waals surface area contributed by atoms with Gasteiger partial charge in [-0.05, 0) is 24.5 Å². The van der Waals surface area contributed by atoms with Gasteiger partial charge >= 0.3 is 0 Å². The summed E-state index contributed by atoms with van der Waals surface area (Å²) in [5.74, 6) is 0. The normalized spacial score (nSPS) is 19.1. The predicted octanol–water partition coefficient (Wildman–Crippen LogP) is 2.09. The summed E-state index contributed by atoms with van der Waals surface area (Å²) in [5.41, 5.74) is 6.63. The van der Waals surface area contributed by atoms with Gasteiger partial charge in [0.25, 0.3) is 0 Å². The van der Waals surface area contributed by atoms with E-state index in [1.165, 1.54) is 19.3 Å². The Hall–Kier alpha value is -0.710. The minimum Gasteiger partial charge on any atom is -0.326 e. The van der Waals surface area contributed by atoms with Crippen molar-refractivity contribution in [2.45, 2.75) is 49.6 Å². The minimum atomic E-state index is -1.12. The molecule has 1 unspecified atom stereocenters. The third kappa shape index (κ3) is 3.37. The molecule has 0 amide bonds. The van der Waals surface area contributed by atoms with Crippen LogP contribution in [-0.4, -0.2) is 10.3 Å². The standard InChI is InChI=1S/C13H20N2OS/c14-10-11-6-4-5-9-13(11)17(16)15-12-7-2-1-3-8-12/h4-6,9,12,15H,1-3,7-8,10,14H2. The van der Waals surface area contributed by atoms with Crippen LogP contribution in [0.2, 0.25) is 0 Å². The van der Waals surface area contributed by atoms with Crippen molar-refractivity contribution in [2.24, 2.45) is 5.73 Å². The molecule has 0 bridgehead atoms. The third-order valence-electron chi connectivity index (χ3n) is 3.27. The largest absolute Gasteiger partial charge is 0.326 e. The molecule has 94 valence electrons. The van der Waals surface area contributed by atoms with E-state index in [0.29, 0.717) is 12.6 Å². The highest BCUT2D eigenvalue weighted by Crippen LogP contribution is 2.19. The molecule has 3 nitrogen and oxygen atoms in total. The summed E-state index contributed by atoms with van der Waals surface area (Å²) in [4.78, 5) is 0.834. The van der Waals surface area contributed by atoms with Crippen LogP contribution in [0.1, 0.15) is 37.7 Å². The molecule has 1 aromatic carbocycles. The maximum atomic E-state index is 12.2. The summed E-state index contributed by atoms with van der Waals surface area (Å²) in [5, 5.41) is 0. The molecule has 1 saturated carbocycles. The van der Waals surface area contributed by atoms with E-state index in [2.05, 4.69) is 4.72 Å². The zero-order valence-corrected chi connectivity index (χ0v) is 10.8. The molecule has 0 spiro atoms. The molecule has 0 aliphatic heterocycles. The molecule has 17 heavy (non-hydrogen) atoms. The fourth-order valence-electron chi connectivity index (χ4n) is 2.29. The fourth-order valence-corrected chi connectivity index (χ4v) is 3.55. The number of nitrogens with two attached hydrogens (primary N) is 1. The summed E-state index contributed by atoms with van der Waals surface area (Å²) in [7, 11) is -1.12. The lowest BCUT2D eigenvalue weighted by molar-refractivity contribution is 0.419. The first-order chi connectivity index (χ1) is 8.31.